The molecular formula is C20H21N5O. The first-order chi connectivity index (χ1) is 12.4. The van der Waals surface area contributed by atoms with E-state index in [1.54, 1.807) is 12.1 Å². The number of rotatable bonds is 5. The molecule has 0 atom stereocenters. The number of hydrogen-bond donors (Lipinski definition) is 3. The molecule has 26 heavy (non-hydrogen) atoms. The highest BCUT2D eigenvalue weighted by Gasteiger charge is 2.10. The first-order valence-corrected chi connectivity index (χ1v) is 8.27. The minimum atomic E-state index is 0.00130. The van der Waals surface area contributed by atoms with Gasteiger partial charge in [0.1, 0.15) is 12.0 Å². The van der Waals surface area contributed by atoms with Crippen molar-refractivity contribution in [1.29, 1.82) is 0 Å². The number of carbonyl (C=O) groups excluding carboxylic acids is 1. The monoisotopic (exact) mass is 347 g/mol. The van der Waals surface area contributed by atoms with Gasteiger partial charge in [0.25, 0.3) is 0 Å². The zero-order valence-electron chi connectivity index (χ0n) is 15.0. The van der Waals surface area contributed by atoms with Gasteiger partial charge in [0, 0.05) is 16.9 Å². The largest absolute Gasteiger partial charge is 0.393 e. The van der Waals surface area contributed by atoms with Crippen molar-refractivity contribution in [1.82, 2.24) is 9.97 Å². The third-order valence-corrected chi connectivity index (χ3v) is 4.19. The molecule has 6 heteroatoms. The van der Waals surface area contributed by atoms with E-state index in [0.29, 0.717) is 22.9 Å². The van der Waals surface area contributed by atoms with Crippen LogP contribution in [0.25, 0.3) is 0 Å². The Hall–Kier alpha value is -3.41. The summed E-state index contributed by atoms with van der Waals surface area (Å²) < 4.78 is 0. The van der Waals surface area contributed by atoms with Gasteiger partial charge >= 0.3 is 0 Å². The third-order valence-electron chi connectivity index (χ3n) is 4.19. The number of nitrogens with one attached hydrogen (secondary N) is 2. The molecule has 2 aromatic carbocycles. The molecule has 1 aromatic heterocycles. The van der Waals surface area contributed by atoms with Crippen LogP contribution >= 0.6 is 0 Å². The Balaban J connectivity index is 1.86. The molecule has 3 rings (SSSR count). The highest BCUT2D eigenvalue weighted by atomic mass is 16.1. The Kier molecular flexibility index (Phi) is 4.84. The van der Waals surface area contributed by atoms with Crippen molar-refractivity contribution in [3.05, 3.63) is 65.5 Å². The number of ketones is 1. The Morgan fingerprint density at radius 2 is 1.58 bits per heavy atom. The van der Waals surface area contributed by atoms with Gasteiger partial charge in [-0.15, -0.1) is 0 Å². The molecule has 0 saturated carbocycles. The van der Waals surface area contributed by atoms with E-state index in [-0.39, 0.29) is 5.78 Å². The predicted molar refractivity (Wildman–Crippen MR) is 105 cm³/mol. The second-order valence-corrected chi connectivity index (χ2v) is 6.17. The Morgan fingerprint density at radius 1 is 0.923 bits per heavy atom. The smallest absolute Gasteiger partial charge is 0.159 e. The fourth-order valence-corrected chi connectivity index (χ4v) is 2.50. The summed E-state index contributed by atoms with van der Waals surface area (Å²) in [5.41, 5.74) is 11.3. The van der Waals surface area contributed by atoms with Gasteiger partial charge in [0.15, 0.2) is 17.4 Å². The summed E-state index contributed by atoms with van der Waals surface area (Å²) in [6.45, 7) is 5.65. The Morgan fingerprint density at radius 3 is 2.19 bits per heavy atom. The van der Waals surface area contributed by atoms with Crippen LogP contribution < -0.4 is 16.4 Å². The molecule has 3 aromatic rings. The standard InChI is InChI=1S/C20H21N5O/c1-12-7-8-17(9-13(12)2)25-20-18(21)19(22-11-23-20)24-16-6-4-5-15(10-16)14(3)26/h4-11H,21H2,1-3H3,(H2,22,23,24,25). The van der Waals surface area contributed by atoms with Crippen molar-refractivity contribution in [3.8, 4) is 0 Å². The van der Waals surface area contributed by atoms with E-state index in [4.69, 9.17) is 5.73 Å². The lowest BCUT2D eigenvalue weighted by molar-refractivity contribution is 0.101. The number of anilines is 5. The summed E-state index contributed by atoms with van der Waals surface area (Å²) in [5, 5.41) is 6.37. The number of nitrogens with zero attached hydrogens (tertiary/aromatic N) is 2. The van der Waals surface area contributed by atoms with Gasteiger partial charge in [-0.2, -0.15) is 0 Å². The maximum absolute atomic E-state index is 11.5. The number of carbonyl (C=O) groups is 1. The molecule has 0 saturated heterocycles. The number of aromatic nitrogens is 2. The molecule has 0 spiro atoms. The number of nitrogen functional groups attached to an aromatic ring is 1. The second-order valence-electron chi connectivity index (χ2n) is 6.17. The summed E-state index contributed by atoms with van der Waals surface area (Å²) in [4.78, 5) is 20.0. The zero-order chi connectivity index (χ0) is 18.7. The van der Waals surface area contributed by atoms with E-state index in [0.717, 1.165) is 11.4 Å². The molecule has 1 heterocycles. The third kappa shape index (κ3) is 3.80. The lowest BCUT2D eigenvalue weighted by Gasteiger charge is -2.13. The van der Waals surface area contributed by atoms with Crippen LogP contribution in [0.3, 0.4) is 0 Å². The lowest BCUT2D eigenvalue weighted by Crippen LogP contribution is -2.05. The van der Waals surface area contributed by atoms with Crippen LogP contribution in [0, 0.1) is 13.8 Å². The summed E-state index contributed by atoms with van der Waals surface area (Å²) in [5.74, 6) is 1.00. The topological polar surface area (TPSA) is 92.9 Å². The summed E-state index contributed by atoms with van der Waals surface area (Å²) >= 11 is 0. The number of benzene rings is 2. The Labute approximate surface area is 152 Å². The molecule has 0 bridgehead atoms. The maximum Gasteiger partial charge on any atom is 0.159 e. The molecule has 0 aliphatic heterocycles. The van der Waals surface area contributed by atoms with Crippen LogP contribution in [0.1, 0.15) is 28.4 Å². The van der Waals surface area contributed by atoms with E-state index in [1.807, 2.05) is 30.3 Å². The van der Waals surface area contributed by atoms with Crippen LogP contribution in [0.4, 0.5) is 28.7 Å². The normalized spacial score (nSPS) is 10.4. The number of aryl methyl sites for hydroxylation is 2. The summed E-state index contributed by atoms with van der Waals surface area (Å²) in [7, 11) is 0. The minimum Gasteiger partial charge on any atom is -0.393 e. The van der Waals surface area contributed by atoms with E-state index < -0.39 is 0 Å². The van der Waals surface area contributed by atoms with E-state index in [2.05, 4.69) is 34.4 Å². The molecule has 0 radical (unpaired) electrons. The quantitative estimate of drug-likeness (QED) is 0.594. The van der Waals surface area contributed by atoms with Gasteiger partial charge in [-0.1, -0.05) is 18.2 Å². The van der Waals surface area contributed by atoms with E-state index in [9.17, 15) is 4.79 Å². The minimum absolute atomic E-state index is 0.00130. The van der Waals surface area contributed by atoms with Crippen LogP contribution in [0.15, 0.2) is 48.8 Å². The fourth-order valence-electron chi connectivity index (χ4n) is 2.50. The van der Waals surface area contributed by atoms with Crippen LogP contribution in [0.2, 0.25) is 0 Å². The van der Waals surface area contributed by atoms with Crippen molar-refractivity contribution < 1.29 is 4.79 Å². The average Bonchev–Trinajstić information content (AvgIpc) is 2.62. The van der Waals surface area contributed by atoms with E-state index in [1.165, 1.54) is 24.4 Å². The fraction of sp³-hybridized carbons (Fsp3) is 0.150. The van der Waals surface area contributed by atoms with Crippen molar-refractivity contribution in [2.45, 2.75) is 20.8 Å². The van der Waals surface area contributed by atoms with Crippen molar-refractivity contribution >= 4 is 34.5 Å². The summed E-state index contributed by atoms with van der Waals surface area (Å²) in [6, 6.07) is 13.3. The number of nitrogens with two attached hydrogens (primary N) is 1. The molecular weight excluding hydrogens is 326 g/mol. The molecule has 0 unspecified atom stereocenters. The van der Waals surface area contributed by atoms with Crippen molar-refractivity contribution in [2.75, 3.05) is 16.4 Å². The predicted octanol–water partition coefficient (Wildman–Crippen LogP) is 4.37. The second kappa shape index (κ2) is 7.23. The SMILES string of the molecule is CC(=O)c1cccc(Nc2ncnc(Nc3ccc(C)c(C)c3)c2N)c1. The van der Waals surface area contributed by atoms with Gasteiger partial charge in [-0.3, -0.25) is 4.79 Å². The molecule has 0 fully saturated rings. The molecule has 0 aliphatic rings. The van der Waals surface area contributed by atoms with Gasteiger partial charge in [-0.05, 0) is 56.2 Å². The molecule has 6 nitrogen and oxygen atoms in total. The van der Waals surface area contributed by atoms with E-state index >= 15 is 0 Å². The van der Waals surface area contributed by atoms with Crippen LogP contribution in [0.5, 0.6) is 0 Å². The van der Waals surface area contributed by atoms with Crippen LogP contribution in [-0.4, -0.2) is 15.8 Å². The molecule has 4 N–H and O–H groups in total. The average molecular weight is 347 g/mol. The molecule has 132 valence electrons. The number of hydrogen-bond acceptors (Lipinski definition) is 6. The highest BCUT2D eigenvalue weighted by Crippen LogP contribution is 2.29. The van der Waals surface area contributed by atoms with Crippen molar-refractivity contribution in [2.24, 2.45) is 0 Å². The summed E-state index contributed by atoms with van der Waals surface area (Å²) in [6.07, 6.45) is 1.44. The number of Topliss-reactive ketones (excluding diaryl/α,β-unsaturated/α-hetero) is 1. The van der Waals surface area contributed by atoms with Gasteiger partial charge in [0.2, 0.25) is 0 Å². The Bertz CT molecular complexity index is 968. The molecule has 0 aliphatic carbocycles. The van der Waals surface area contributed by atoms with Crippen molar-refractivity contribution in [3.63, 3.8) is 0 Å². The zero-order valence-corrected chi connectivity index (χ0v) is 15.0. The molecule has 0 amide bonds. The van der Waals surface area contributed by atoms with Gasteiger partial charge in [0.05, 0.1) is 0 Å². The van der Waals surface area contributed by atoms with Gasteiger partial charge < -0.3 is 16.4 Å². The lowest BCUT2D eigenvalue weighted by atomic mass is 10.1. The van der Waals surface area contributed by atoms with Crippen LogP contribution in [-0.2, 0) is 0 Å². The first-order valence-electron chi connectivity index (χ1n) is 8.27. The maximum atomic E-state index is 11.5. The first kappa shape index (κ1) is 17.4. The van der Waals surface area contributed by atoms with Gasteiger partial charge in [-0.25, -0.2) is 9.97 Å². The highest BCUT2D eigenvalue weighted by molar-refractivity contribution is 5.95.